The number of nitrogens with one attached hydrogen (secondary N) is 3. The summed E-state index contributed by atoms with van der Waals surface area (Å²) in [6.07, 6.45) is 1.43. The predicted molar refractivity (Wildman–Crippen MR) is 75.3 cm³/mol. The van der Waals surface area contributed by atoms with E-state index in [-0.39, 0.29) is 11.8 Å². The van der Waals surface area contributed by atoms with Crippen molar-refractivity contribution in [1.29, 1.82) is 0 Å². The van der Waals surface area contributed by atoms with Crippen LogP contribution in [0.5, 0.6) is 0 Å². The molecule has 0 saturated heterocycles. The van der Waals surface area contributed by atoms with Crippen molar-refractivity contribution >= 4 is 17.9 Å². The molecule has 0 saturated carbocycles. The minimum Gasteiger partial charge on any atom is -0.480 e. The third-order valence-electron chi connectivity index (χ3n) is 3.06. The Balaban J connectivity index is 4.38. The Morgan fingerprint density at radius 2 is 1.70 bits per heavy atom. The van der Waals surface area contributed by atoms with Crippen LogP contribution in [0.2, 0.25) is 0 Å². The molecule has 1 unspecified atom stereocenters. The molecule has 0 heterocycles. The van der Waals surface area contributed by atoms with E-state index in [0.29, 0.717) is 13.0 Å². The summed E-state index contributed by atoms with van der Waals surface area (Å²) in [6, 6.07) is -2.34. The summed E-state index contributed by atoms with van der Waals surface area (Å²) < 4.78 is 0. The number of carboxylic acids is 1. The predicted octanol–water partition coefficient (Wildman–Crippen LogP) is 0.700. The highest BCUT2D eigenvalue weighted by molar-refractivity contribution is 5.88. The average molecular weight is 287 g/mol. The lowest BCUT2D eigenvalue weighted by Crippen LogP contribution is -2.53. The van der Waals surface area contributed by atoms with E-state index in [0.717, 1.165) is 6.42 Å². The van der Waals surface area contributed by atoms with Gasteiger partial charge in [0.1, 0.15) is 12.1 Å². The second-order valence-electron chi connectivity index (χ2n) is 4.83. The van der Waals surface area contributed by atoms with Gasteiger partial charge in [-0.05, 0) is 19.3 Å². The molecule has 0 radical (unpaired) electrons. The summed E-state index contributed by atoms with van der Waals surface area (Å²) in [5, 5.41) is 16.5. The van der Waals surface area contributed by atoms with E-state index in [4.69, 9.17) is 5.11 Å². The number of urea groups is 1. The molecule has 0 rings (SSSR count). The number of hydrogen-bond donors (Lipinski definition) is 4. The van der Waals surface area contributed by atoms with Gasteiger partial charge in [0.05, 0.1) is 0 Å². The van der Waals surface area contributed by atoms with Crippen LogP contribution in [0, 0.1) is 5.92 Å². The van der Waals surface area contributed by atoms with Crippen LogP contribution in [0.3, 0.4) is 0 Å². The molecule has 0 aromatic rings. The SMILES string of the molecule is CCCNC(=O)C(C)NC(=O)N[C@H](C(=O)O)[C@@H](C)CC. The lowest BCUT2D eigenvalue weighted by molar-refractivity contribution is -0.140. The summed E-state index contributed by atoms with van der Waals surface area (Å²) in [6.45, 7) is 7.60. The first-order valence-electron chi connectivity index (χ1n) is 6.90. The van der Waals surface area contributed by atoms with Gasteiger partial charge in [-0.2, -0.15) is 0 Å². The van der Waals surface area contributed by atoms with Crippen molar-refractivity contribution in [3.63, 3.8) is 0 Å². The Bertz CT molecular complexity index is 347. The maximum absolute atomic E-state index is 11.7. The highest BCUT2D eigenvalue weighted by Crippen LogP contribution is 2.07. The number of aliphatic carboxylic acids is 1. The Morgan fingerprint density at radius 3 is 2.15 bits per heavy atom. The van der Waals surface area contributed by atoms with Crippen LogP contribution in [0.25, 0.3) is 0 Å². The van der Waals surface area contributed by atoms with E-state index in [1.165, 1.54) is 0 Å². The zero-order valence-corrected chi connectivity index (χ0v) is 12.5. The summed E-state index contributed by atoms with van der Waals surface area (Å²) in [7, 11) is 0. The molecule has 3 atom stereocenters. The molecule has 0 aliphatic carbocycles. The molecule has 7 nitrogen and oxygen atoms in total. The van der Waals surface area contributed by atoms with Crippen LogP contribution in [0.4, 0.5) is 4.79 Å². The molecule has 3 amide bonds. The van der Waals surface area contributed by atoms with Crippen molar-refractivity contribution in [2.45, 2.75) is 52.6 Å². The summed E-state index contributed by atoms with van der Waals surface area (Å²) in [5.74, 6) is -1.57. The van der Waals surface area contributed by atoms with E-state index in [9.17, 15) is 14.4 Å². The fourth-order valence-corrected chi connectivity index (χ4v) is 1.53. The van der Waals surface area contributed by atoms with Crippen LogP contribution >= 0.6 is 0 Å². The third-order valence-corrected chi connectivity index (χ3v) is 3.06. The van der Waals surface area contributed by atoms with Gasteiger partial charge in [0.15, 0.2) is 0 Å². The van der Waals surface area contributed by atoms with E-state index >= 15 is 0 Å². The zero-order valence-electron chi connectivity index (χ0n) is 12.5. The van der Waals surface area contributed by atoms with Gasteiger partial charge in [0.25, 0.3) is 0 Å². The smallest absolute Gasteiger partial charge is 0.326 e. The average Bonchev–Trinajstić information content (AvgIpc) is 2.40. The van der Waals surface area contributed by atoms with Gasteiger partial charge in [-0.3, -0.25) is 4.79 Å². The van der Waals surface area contributed by atoms with Crippen molar-refractivity contribution in [3.8, 4) is 0 Å². The first-order valence-corrected chi connectivity index (χ1v) is 6.90. The molecule has 0 aliphatic rings. The van der Waals surface area contributed by atoms with E-state index in [2.05, 4.69) is 16.0 Å². The topological polar surface area (TPSA) is 108 Å². The maximum Gasteiger partial charge on any atom is 0.326 e. The van der Waals surface area contributed by atoms with Crippen molar-refractivity contribution < 1.29 is 19.5 Å². The molecule has 4 N–H and O–H groups in total. The number of carbonyl (C=O) groups excluding carboxylic acids is 2. The summed E-state index contributed by atoms with van der Waals surface area (Å²) >= 11 is 0. The Hall–Kier alpha value is -1.79. The summed E-state index contributed by atoms with van der Waals surface area (Å²) in [4.78, 5) is 34.4. The fourth-order valence-electron chi connectivity index (χ4n) is 1.53. The van der Waals surface area contributed by atoms with Crippen LogP contribution in [0.1, 0.15) is 40.5 Å². The van der Waals surface area contributed by atoms with Gasteiger partial charge in [-0.15, -0.1) is 0 Å². The lowest BCUT2D eigenvalue weighted by Gasteiger charge is -2.21. The van der Waals surface area contributed by atoms with Gasteiger partial charge < -0.3 is 21.1 Å². The number of rotatable bonds is 8. The molecular weight excluding hydrogens is 262 g/mol. The number of amides is 3. The molecular formula is C13H25N3O4. The molecule has 0 fully saturated rings. The van der Waals surface area contributed by atoms with E-state index in [1.54, 1.807) is 13.8 Å². The number of carboxylic acid groups (broad SMARTS) is 1. The molecule has 20 heavy (non-hydrogen) atoms. The largest absolute Gasteiger partial charge is 0.480 e. The van der Waals surface area contributed by atoms with E-state index < -0.39 is 24.1 Å². The first-order chi connectivity index (χ1) is 9.33. The Morgan fingerprint density at radius 1 is 1.10 bits per heavy atom. The van der Waals surface area contributed by atoms with Crippen molar-refractivity contribution in [2.75, 3.05) is 6.54 Å². The lowest BCUT2D eigenvalue weighted by atomic mass is 9.99. The molecule has 0 aromatic carbocycles. The molecule has 7 heteroatoms. The Kier molecular flexibility index (Phi) is 8.35. The van der Waals surface area contributed by atoms with Crippen LogP contribution in [0.15, 0.2) is 0 Å². The van der Waals surface area contributed by atoms with Gasteiger partial charge in [-0.1, -0.05) is 27.2 Å². The quantitative estimate of drug-likeness (QED) is 0.527. The third kappa shape index (κ3) is 6.40. The van der Waals surface area contributed by atoms with Gasteiger partial charge in [0.2, 0.25) is 5.91 Å². The van der Waals surface area contributed by atoms with Crippen molar-refractivity contribution in [1.82, 2.24) is 16.0 Å². The van der Waals surface area contributed by atoms with Gasteiger partial charge in [0, 0.05) is 6.54 Å². The van der Waals surface area contributed by atoms with E-state index in [1.807, 2.05) is 13.8 Å². The van der Waals surface area contributed by atoms with Crippen LogP contribution < -0.4 is 16.0 Å². The van der Waals surface area contributed by atoms with Gasteiger partial charge >= 0.3 is 12.0 Å². The highest BCUT2D eigenvalue weighted by Gasteiger charge is 2.26. The maximum atomic E-state index is 11.7. The normalized spacial score (nSPS) is 14.8. The van der Waals surface area contributed by atoms with Crippen molar-refractivity contribution in [3.05, 3.63) is 0 Å². The number of carbonyl (C=O) groups is 3. The van der Waals surface area contributed by atoms with Crippen LogP contribution in [-0.4, -0.2) is 41.6 Å². The molecule has 0 spiro atoms. The van der Waals surface area contributed by atoms with Gasteiger partial charge in [-0.25, -0.2) is 9.59 Å². The second-order valence-corrected chi connectivity index (χ2v) is 4.83. The molecule has 0 bridgehead atoms. The second kappa shape index (κ2) is 9.17. The monoisotopic (exact) mass is 287 g/mol. The minimum absolute atomic E-state index is 0.192. The first kappa shape index (κ1) is 18.2. The minimum atomic E-state index is -1.09. The highest BCUT2D eigenvalue weighted by atomic mass is 16.4. The number of hydrogen-bond acceptors (Lipinski definition) is 3. The zero-order chi connectivity index (χ0) is 15.7. The molecule has 116 valence electrons. The summed E-state index contributed by atoms with van der Waals surface area (Å²) in [5.41, 5.74) is 0. The standard InChI is InChI=1S/C13H25N3O4/c1-5-7-14-11(17)9(4)15-13(20)16-10(12(18)19)8(3)6-2/h8-10H,5-7H2,1-4H3,(H,14,17)(H,18,19)(H2,15,16,20)/t8-,9?,10-/m0/s1. The molecule has 0 aliphatic heterocycles. The van der Waals surface area contributed by atoms with Crippen molar-refractivity contribution in [2.24, 2.45) is 5.92 Å². The van der Waals surface area contributed by atoms with Crippen LogP contribution in [-0.2, 0) is 9.59 Å². The fraction of sp³-hybridized carbons (Fsp3) is 0.769. The molecule has 0 aromatic heterocycles. The Labute approximate surface area is 119 Å².